The molecule has 14 heavy (non-hydrogen) atoms. The molecule has 2 N–H and O–H groups in total. The minimum atomic E-state index is -0.207. The van der Waals surface area contributed by atoms with E-state index >= 15 is 0 Å². The second kappa shape index (κ2) is 4.46. The molecule has 0 aliphatic heterocycles. The number of carbonyl (C=O) groups is 1. The molecule has 0 spiro atoms. The van der Waals surface area contributed by atoms with Gasteiger partial charge in [0.15, 0.2) is 0 Å². The zero-order valence-corrected chi connectivity index (χ0v) is 7.84. The van der Waals surface area contributed by atoms with Crippen LogP contribution in [0.3, 0.4) is 0 Å². The van der Waals surface area contributed by atoms with E-state index in [2.05, 4.69) is 0 Å². The molecule has 1 aromatic carbocycles. The molecule has 0 saturated heterocycles. The van der Waals surface area contributed by atoms with Gasteiger partial charge in [0.2, 0.25) is 0 Å². The Balaban J connectivity index is 3.36. The summed E-state index contributed by atoms with van der Waals surface area (Å²) in [6.45, 7) is 1.77. The first-order chi connectivity index (χ1) is 6.72. The molecule has 1 aromatic rings. The van der Waals surface area contributed by atoms with Crippen molar-refractivity contribution >= 4 is 18.8 Å². The molecule has 0 bridgehead atoms. The molecule has 74 valence electrons. The third kappa shape index (κ3) is 1.93. The summed E-state index contributed by atoms with van der Waals surface area (Å²) in [6.07, 6.45) is 2.65. The van der Waals surface area contributed by atoms with Gasteiger partial charge >= 0.3 is 0 Å². The Kier molecular flexibility index (Phi) is 3.29. The fraction of sp³-hybridized carbons (Fsp3) is 0.182. The number of carbonyl (C=O) groups excluding carboxylic acids is 1. The van der Waals surface area contributed by atoms with Gasteiger partial charge in [-0.1, -0.05) is 19.1 Å². The van der Waals surface area contributed by atoms with Crippen molar-refractivity contribution in [2.45, 2.75) is 12.8 Å². The van der Waals surface area contributed by atoms with E-state index in [1.165, 1.54) is 0 Å². The maximum atomic E-state index is 10.5. The standard InChI is InChI=1S/C11H12O3/c1-8(5-12)9-2-3-10(6-13)11(4-9)7-14/h2-8,13-14H,1H3. The number of aliphatic hydroxyl groups excluding tert-OH is 2. The summed E-state index contributed by atoms with van der Waals surface area (Å²) in [5.74, 6) is -0.207. The molecule has 0 aliphatic rings. The Labute approximate surface area is 81.6 Å². The van der Waals surface area contributed by atoms with Crippen molar-refractivity contribution in [2.24, 2.45) is 0 Å². The van der Waals surface area contributed by atoms with E-state index < -0.39 is 0 Å². The minimum Gasteiger partial charge on any atom is -0.515 e. The number of aldehydes is 1. The van der Waals surface area contributed by atoms with Crippen molar-refractivity contribution < 1.29 is 15.0 Å². The van der Waals surface area contributed by atoms with Crippen molar-refractivity contribution in [1.29, 1.82) is 0 Å². The van der Waals surface area contributed by atoms with Gasteiger partial charge < -0.3 is 15.0 Å². The first-order valence-corrected chi connectivity index (χ1v) is 4.27. The molecule has 0 heterocycles. The number of rotatable bonds is 2. The summed E-state index contributed by atoms with van der Waals surface area (Å²) < 4.78 is 0. The molecule has 3 nitrogen and oxygen atoms in total. The molecule has 3 heteroatoms. The van der Waals surface area contributed by atoms with Crippen molar-refractivity contribution in [3.63, 3.8) is 0 Å². The lowest BCUT2D eigenvalue weighted by molar-refractivity contribution is -0.108. The predicted molar refractivity (Wildman–Crippen MR) is 54.4 cm³/mol. The van der Waals surface area contributed by atoms with Crippen LogP contribution in [0, 0.1) is 0 Å². The average Bonchev–Trinajstić information content (AvgIpc) is 2.26. The summed E-state index contributed by atoms with van der Waals surface area (Å²) in [6, 6.07) is 5.06. The van der Waals surface area contributed by atoms with Crippen molar-refractivity contribution in [2.75, 3.05) is 0 Å². The molecule has 0 aliphatic carbocycles. The van der Waals surface area contributed by atoms with Crippen molar-refractivity contribution in [3.05, 3.63) is 34.2 Å². The number of hydrogen-bond donors (Lipinski definition) is 2. The van der Waals surface area contributed by atoms with Crippen LogP contribution in [-0.4, -0.2) is 16.5 Å². The number of hydrogen-bond acceptors (Lipinski definition) is 3. The van der Waals surface area contributed by atoms with Gasteiger partial charge in [-0.05, 0) is 11.6 Å². The normalized spacial score (nSPS) is 15.5. The molecular weight excluding hydrogens is 180 g/mol. The largest absolute Gasteiger partial charge is 0.515 e. The van der Waals surface area contributed by atoms with Gasteiger partial charge in [0.05, 0.1) is 12.5 Å². The van der Waals surface area contributed by atoms with Gasteiger partial charge in [-0.2, -0.15) is 0 Å². The third-order valence-corrected chi connectivity index (χ3v) is 2.12. The van der Waals surface area contributed by atoms with E-state index in [1.54, 1.807) is 25.1 Å². The lowest BCUT2D eigenvalue weighted by Crippen LogP contribution is -2.25. The van der Waals surface area contributed by atoms with Crippen LogP contribution in [0.15, 0.2) is 18.2 Å². The topological polar surface area (TPSA) is 57.5 Å². The van der Waals surface area contributed by atoms with Crippen LogP contribution in [0.25, 0.3) is 12.5 Å². The van der Waals surface area contributed by atoms with E-state index in [1.807, 2.05) is 0 Å². The Hall–Kier alpha value is -1.77. The van der Waals surface area contributed by atoms with E-state index in [9.17, 15) is 4.79 Å². The molecular formula is C11H12O3. The van der Waals surface area contributed by atoms with Crippen LogP contribution in [0.4, 0.5) is 0 Å². The second-order valence-corrected chi connectivity index (χ2v) is 3.07. The van der Waals surface area contributed by atoms with Gasteiger partial charge in [-0.3, -0.25) is 0 Å². The summed E-state index contributed by atoms with van der Waals surface area (Å²) in [5.41, 5.74) is 0.811. The van der Waals surface area contributed by atoms with E-state index in [4.69, 9.17) is 10.2 Å². The Morgan fingerprint density at radius 3 is 2.36 bits per heavy atom. The number of benzene rings is 1. The van der Waals surface area contributed by atoms with E-state index in [-0.39, 0.29) is 5.92 Å². The van der Waals surface area contributed by atoms with Gasteiger partial charge in [-0.25, -0.2) is 0 Å². The molecule has 1 rings (SSSR count). The Morgan fingerprint density at radius 2 is 1.86 bits per heavy atom. The quantitative estimate of drug-likeness (QED) is 0.674. The Morgan fingerprint density at radius 1 is 1.21 bits per heavy atom. The molecule has 0 saturated carbocycles. The summed E-state index contributed by atoms with van der Waals surface area (Å²) in [4.78, 5) is 10.5. The molecule has 0 radical (unpaired) electrons. The zero-order valence-electron chi connectivity index (χ0n) is 7.84. The van der Waals surface area contributed by atoms with E-state index in [0.29, 0.717) is 10.4 Å². The average molecular weight is 192 g/mol. The highest BCUT2D eigenvalue weighted by Gasteiger charge is 2.02. The highest BCUT2D eigenvalue weighted by molar-refractivity contribution is 5.61. The first kappa shape index (κ1) is 10.3. The van der Waals surface area contributed by atoms with Crippen LogP contribution in [0.5, 0.6) is 0 Å². The minimum absolute atomic E-state index is 0.207. The van der Waals surface area contributed by atoms with Crippen LogP contribution < -0.4 is 10.4 Å². The zero-order chi connectivity index (χ0) is 10.6. The van der Waals surface area contributed by atoms with Gasteiger partial charge in [0, 0.05) is 16.4 Å². The highest BCUT2D eigenvalue weighted by atomic mass is 16.2. The monoisotopic (exact) mass is 192 g/mol. The van der Waals surface area contributed by atoms with Crippen LogP contribution in [-0.2, 0) is 4.79 Å². The van der Waals surface area contributed by atoms with Gasteiger partial charge in [0.1, 0.15) is 6.29 Å². The lowest BCUT2D eigenvalue weighted by atomic mass is 10.0. The fourth-order valence-corrected chi connectivity index (χ4v) is 1.18. The Bertz CT molecular complexity index is 434. The fourth-order valence-electron chi connectivity index (χ4n) is 1.18. The summed E-state index contributed by atoms with van der Waals surface area (Å²) >= 11 is 0. The van der Waals surface area contributed by atoms with Crippen LogP contribution in [0.2, 0.25) is 0 Å². The lowest BCUT2D eigenvalue weighted by Gasteiger charge is -2.02. The summed E-state index contributed by atoms with van der Waals surface area (Å²) in [7, 11) is 0. The molecule has 1 unspecified atom stereocenters. The smallest absolute Gasteiger partial charge is 0.127 e. The summed E-state index contributed by atoms with van der Waals surface area (Å²) in [5, 5.41) is 18.7. The molecule has 0 aromatic heterocycles. The first-order valence-electron chi connectivity index (χ1n) is 4.27. The predicted octanol–water partition coefficient (Wildman–Crippen LogP) is 0.581. The molecule has 1 atom stereocenters. The molecule has 0 amide bonds. The second-order valence-electron chi connectivity index (χ2n) is 3.07. The van der Waals surface area contributed by atoms with E-state index in [0.717, 1.165) is 24.4 Å². The van der Waals surface area contributed by atoms with Gasteiger partial charge in [-0.15, -0.1) is 0 Å². The third-order valence-electron chi connectivity index (χ3n) is 2.12. The highest BCUT2D eigenvalue weighted by Crippen LogP contribution is 2.07. The molecule has 0 fully saturated rings. The maximum absolute atomic E-state index is 10.5. The van der Waals surface area contributed by atoms with Crippen molar-refractivity contribution in [1.82, 2.24) is 0 Å². The van der Waals surface area contributed by atoms with Crippen molar-refractivity contribution in [3.8, 4) is 0 Å². The van der Waals surface area contributed by atoms with Gasteiger partial charge in [0.25, 0.3) is 0 Å². The maximum Gasteiger partial charge on any atom is 0.127 e. The SMILES string of the molecule is CC(C=O)c1ccc(=CO)c(=CO)c1. The number of aliphatic hydroxyl groups is 2. The van der Waals surface area contributed by atoms with Crippen LogP contribution in [0.1, 0.15) is 18.4 Å². The van der Waals surface area contributed by atoms with Crippen LogP contribution >= 0.6 is 0 Å².